The van der Waals surface area contributed by atoms with E-state index < -0.39 is 0 Å². The van der Waals surface area contributed by atoms with Gasteiger partial charge in [-0.05, 0) is 73.5 Å². The number of aromatic hydroxyl groups is 2. The molecule has 194 valence electrons. The number of thioether (sulfide) groups is 2. The summed E-state index contributed by atoms with van der Waals surface area (Å²) < 4.78 is 8.91. The largest absolute Gasteiger partial charge is 0.493 e. The Kier molecular flexibility index (Phi) is 11.2. The van der Waals surface area contributed by atoms with Gasteiger partial charge in [0.15, 0.2) is 9.54 Å². The maximum Gasteiger partial charge on any atom is 0.210 e. The van der Waals surface area contributed by atoms with Crippen LogP contribution in [0.5, 0.6) is 11.8 Å². The second-order valence-corrected chi connectivity index (χ2v) is 13.5. The normalized spacial score (nSPS) is 12.5. The highest BCUT2D eigenvalue weighted by atomic mass is 32.2. The van der Waals surface area contributed by atoms with E-state index in [4.69, 9.17) is 24.4 Å². The minimum absolute atomic E-state index is 0.0727. The molecule has 10 heteroatoms. The molecule has 0 amide bonds. The van der Waals surface area contributed by atoms with E-state index in [9.17, 15) is 10.2 Å². The molecule has 0 saturated carbocycles. The maximum absolute atomic E-state index is 10.2. The molecule has 0 aromatic carbocycles. The topological polar surface area (TPSA) is 60.2 Å². The molecule has 2 aromatic rings. The Morgan fingerprint density at radius 1 is 0.706 bits per heavy atom. The summed E-state index contributed by atoms with van der Waals surface area (Å²) in [5.74, 6) is 5.01. The zero-order valence-electron chi connectivity index (χ0n) is 21.5. The number of nitrogens with zero attached hydrogens (tertiary/aromatic N) is 4. The molecule has 0 unspecified atom stereocenters. The van der Waals surface area contributed by atoms with Gasteiger partial charge in [-0.15, -0.1) is 0 Å². The Hall–Kier alpha value is -0.840. The molecule has 34 heavy (non-hydrogen) atoms. The second-order valence-electron chi connectivity index (χ2n) is 10.3. The molecule has 0 aliphatic heterocycles. The van der Waals surface area contributed by atoms with Crippen LogP contribution in [0.1, 0.15) is 54.4 Å². The molecule has 2 N–H and O–H groups in total. The van der Waals surface area contributed by atoms with E-state index in [2.05, 4.69) is 27.7 Å². The average molecular weight is 547 g/mol. The van der Waals surface area contributed by atoms with Gasteiger partial charge in [-0.25, -0.2) is 0 Å². The van der Waals surface area contributed by atoms with E-state index in [1.165, 1.54) is 0 Å². The second kappa shape index (κ2) is 12.9. The zero-order chi connectivity index (χ0) is 25.5. The Morgan fingerprint density at radius 2 is 1.06 bits per heavy atom. The molecule has 0 radical (unpaired) electrons. The lowest BCUT2D eigenvalue weighted by Gasteiger charge is -2.25. The van der Waals surface area contributed by atoms with Crippen LogP contribution in [0.4, 0.5) is 0 Å². The van der Waals surface area contributed by atoms with Gasteiger partial charge in [-0.2, -0.15) is 23.5 Å². The quantitative estimate of drug-likeness (QED) is 0.189. The van der Waals surface area contributed by atoms with Crippen molar-refractivity contribution in [3.8, 4) is 11.8 Å². The predicted molar refractivity (Wildman–Crippen MR) is 153 cm³/mol. The Labute approximate surface area is 223 Å². The van der Waals surface area contributed by atoms with E-state index in [1.807, 2.05) is 55.6 Å². The fourth-order valence-corrected chi connectivity index (χ4v) is 7.24. The first-order valence-corrected chi connectivity index (χ1v) is 15.2. The van der Waals surface area contributed by atoms with Crippen molar-refractivity contribution in [2.45, 2.75) is 80.6 Å². The molecule has 0 fully saturated rings. The van der Waals surface area contributed by atoms with Crippen LogP contribution in [-0.4, -0.2) is 51.5 Å². The smallest absolute Gasteiger partial charge is 0.210 e. The van der Waals surface area contributed by atoms with Crippen LogP contribution in [0, 0.1) is 20.4 Å². The number of rotatable bonds is 15. The summed E-state index contributed by atoms with van der Waals surface area (Å²) in [5, 5.41) is 20.5. The number of aromatic nitrogens is 4. The molecule has 2 heterocycles. The molecule has 2 rings (SSSR count). The minimum Gasteiger partial charge on any atom is -0.493 e. The third-order valence-electron chi connectivity index (χ3n) is 6.12. The van der Waals surface area contributed by atoms with Gasteiger partial charge in [0.2, 0.25) is 11.8 Å². The number of imidazole rings is 2. The third-order valence-corrected chi connectivity index (χ3v) is 9.26. The first kappa shape index (κ1) is 29.4. The van der Waals surface area contributed by atoms with Crippen molar-refractivity contribution in [2.75, 3.05) is 23.0 Å². The van der Waals surface area contributed by atoms with Crippen molar-refractivity contribution < 1.29 is 10.2 Å². The Morgan fingerprint density at radius 3 is 1.35 bits per heavy atom. The van der Waals surface area contributed by atoms with Crippen LogP contribution in [0.3, 0.4) is 0 Å². The van der Waals surface area contributed by atoms with E-state index in [1.54, 1.807) is 12.4 Å². The van der Waals surface area contributed by atoms with Crippen LogP contribution in [0.15, 0.2) is 12.4 Å². The van der Waals surface area contributed by atoms with E-state index in [0.29, 0.717) is 9.54 Å². The molecule has 0 atom stereocenters. The predicted octanol–water partition coefficient (Wildman–Crippen LogP) is 6.80. The summed E-state index contributed by atoms with van der Waals surface area (Å²) >= 11 is 15.0. The van der Waals surface area contributed by atoms with Gasteiger partial charge in [0.1, 0.15) is 0 Å². The van der Waals surface area contributed by atoms with Crippen LogP contribution in [-0.2, 0) is 26.2 Å². The molecular weight excluding hydrogens is 505 g/mol. The van der Waals surface area contributed by atoms with Crippen molar-refractivity contribution in [1.29, 1.82) is 0 Å². The molecule has 0 saturated heterocycles. The lowest BCUT2D eigenvalue weighted by molar-refractivity contribution is 0.275. The first-order valence-electron chi connectivity index (χ1n) is 12.0. The molecule has 6 nitrogen and oxygen atoms in total. The SMILES string of the molecule is CCn1cc(O)n(CC(C)(C)CCSCCSCCC(C)(C)Cn2c(O)cn(CC)c2=S)c1=S. The van der Waals surface area contributed by atoms with Gasteiger partial charge in [0, 0.05) is 37.7 Å². The van der Waals surface area contributed by atoms with Crippen LogP contribution >= 0.6 is 48.0 Å². The van der Waals surface area contributed by atoms with Crippen molar-refractivity contribution in [2.24, 2.45) is 10.8 Å². The van der Waals surface area contributed by atoms with Crippen LogP contribution in [0.2, 0.25) is 0 Å². The van der Waals surface area contributed by atoms with Crippen molar-refractivity contribution >= 4 is 48.0 Å². The molecule has 0 bridgehead atoms. The lowest BCUT2D eigenvalue weighted by atomic mass is 9.90. The van der Waals surface area contributed by atoms with Crippen LogP contribution in [0.25, 0.3) is 0 Å². The number of aryl methyl sites for hydroxylation is 2. The summed E-state index contributed by atoms with van der Waals surface area (Å²) in [6, 6.07) is 0. The first-order chi connectivity index (χ1) is 15.9. The monoisotopic (exact) mass is 546 g/mol. The van der Waals surface area contributed by atoms with Gasteiger partial charge < -0.3 is 19.3 Å². The summed E-state index contributed by atoms with van der Waals surface area (Å²) in [7, 11) is 0. The van der Waals surface area contributed by atoms with Gasteiger partial charge in [0.25, 0.3) is 0 Å². The zero-order valence-corrected chi connectivity index (χ0v) is 24.8. The third kappa shape index (κ3) is 8.38. The van der Waals surface area contributed by atoms with Gasteiger partial charge in [0.05, 0.1) is 12.4 Å². The summed E-state index contributed by atoms with van der Waals surface area (Å²) in [6.45, 7) is 16.0. The maximum atomic E-state index is 10.2. The fourth-order valence-electron chi connectivity index (χ4n) is 3.82. The van der Waals surface area contributed by atoms with Crippen molar-refractivity contribution in [3.63, 3.8) is 0 Å². The molecule has 0 spiro atoms. The standard InChI is InChI=1S/C24H42N4O2S4/c1-7-25-15-19(29)27(21(25)31)17-23(3,4)9-11-33-13-14-34-12-10-24(5,6)18-28-20(30)16-26(8-2)22(28)32/h15-16,29-30H,7-14,17-18H2,1-6H3. The average Bonchev–Trinajstić information content (AvgIpc) is 3.19. The molecule has 0 aliphatic carbocycles. The molecule has 0 aliphatic rings. The van der Waals surface area contributed by atoms with Gasteiger partial charge in [-0.1, -0.05) is 27.7 Å². The van der Waals surface area contributed by atoms with E-state index >= 15 is 0 Å². The Balaban J connectivity index is 1.66. The Bertz CT molecular complexity index is 951. The highest BCUT2D eigenvalue weighted by Crippen LogP contribution is 2.30. The van der Waals surface area contributed by atoms with Gasteiger partial charge in [-0.3, -0.25) is 9.13 Å². The number of hydrogen-bond donors (Lipinski definition) is 2. The van der Waals surface area contributed by atoms with Crippen molar-refractivity contribution in [1.82, 2.24) is 18.3 Å². The van der Waals surface area contributed by atoms with Gasteiger partial charge >= 0.3 is 0 Å². The molecule has 2 aromatic heterocycles. The molecular formula is C24H42N4O2S4. The fraction of sp³-hybridized carbons (Fsp3) is 0.750. The lowest BCUT2D eigenvalue weighted by Crippen LogP contribution is -2.21. The van der Waals surface area contributed by atoms with Crippen molar-refractivity contribution in [3.05, 3.63) is 21.9 Å². The van der Waals surface area contributed by atoms with Crippen LogP contribution < -0.4 is 0 Å². The summed E-state index contributed by atoms with van der Waals surface area (Å²) in [4.78, 5) is 0. The van der Waals surface area contributed by atoms with E-state index in [0.717, 1.165) is 62.0 Å². The minimum atomic E-state index is 0.0727. The highest BCUT2D eigenvalue weighted by molar-refractivity contribution is 8.02. The van der Waals surface area contributed by atoms with E-state index in [-0.39, 0.29) is 22.6 Å². The summed E-state index contributed by atoms with van der Waals surface area (Å²) in [5.41, 5.74) is 0.145. The summed E-state index contributed by atoms with van der Waals surface area (Å²) in [6.07, 6.45) is 5.61. The highest BCUT2D eigenvalue weighted by Gasteiger charge is 2.22. The number of hydrogen-bond acceptors (Lipinski definition) is 6.